The number of nitrogens with zero attached hydrogens (tertiary/aromatic N) is 3. The smallest absolute Gasteiger partial charge is 0.255 e. The number of carbonyl (C=O) groups excluding carboxylic acids is 1. The highest BCUT2D eigenvalue weighted by molar-refractivity contribution is 5.97. The predicted molar refractivity (Wildman–Crippen MR) is 59.2 cm³/mol. The number of phenols is 1. The molecule has 0 heterocycles. The van der Waals surface area contributed by atoms with Crippen LogP contribution in [0, 0.1) is 6.92 Å². The minimum absolute atomic E-state index is 0.0243. The molecule has 0 fully saturated rings. The van der Waals surface area contributed by atoms with Crippen LogP contribution in [0.15, 0.2) is 23.3 Å². The molecule has 1 aromatic rings. The molecule has 0 radical (unpaired) electrons. The maximum absolute atomic E-state index is 11.6. The molecule has 0 aliphatic carbocycles. The number of para-hydroxylation sites is 1. The van der Waals surface area contributed by atoms with Gasteiger partial charge in [0, 0.05) is 18.0 Å². The first kappa shape index (κ1) is 11.9. The summed E-state index contributed by atoms with van der Waals surface area (Å²) in [7, 11) is 0. The van der Waals surface area contributed by atoms with E-state index in [1.54, 1.807) is 19.1 Å². The Morgan fingerprint density at radius 3 is 3.06 bits per heavy atom. The number of benzene rings is 1. The Morgan fingerprint density at radius 1 is 1.62 bits per heavy atom. The molecule has 1 aromatic carbocycles. The molecule has 6 nitrogen and oxygen atoms in total. The summed E-state index contributed by atoms with van der Waals surface area (Å²) in [4.78, 5) is 14.1. The quantitative estimate of drug-likeness (QED) is 0.349. The second-order valence-electron chi connectivity index (χ2n) is 3.18. The topological polar surface area (TPSA) is 98.1 Å². The molecule has 16 heavy (non-hydrogen) atoms. The minimum atomic E-state index is -0.380. The minimum Gasteiger partial charge on any atom is -0.507 e. The van der Waals surface area contributed by atoms with Crippen molar-refractivity contribution in [1.82, 2.24) is 5.32 Å². The normalized spacial score (nSPS) is 9.31. The van der Waals surface area contributed by atoms with E-state index in [9.17, 15) is 9.90 Å². The number of hydrogen-bond acceptors (Lipinski definition) is 3. The summed E-state index contributed by atoms with van der Waals surface area (Å²) in [5, 5.41) is 15.4. The number of aryl methyl sites for hydroxylation is 1. The van der Waals surface area contributed by atoms with Crippen LogP contribution in [0.25, 0.3) is 10.4 Å². The van der Waals surface area contributed by atoms with Crippen LogP contribution in [-0.4, -0.2) is 24.1 Å². The Kier molecular flexibility index (Phi) is 4.17. The highest BCUT2D eigenvalue weighted by atomic mass is 16.3. The van der Waals surface area contributed by atoms with Gasteiger partial charge in [-0.3, -0.25) is 4.79 Å². The number of nitrogens with one attached hydrogen (secondary N) is 1. The van der Waals surface area contributed by atoms with Crippen LogP contribution in [0.5, 0.6) is 5.75 Å². The van der Waals surface area contributed by atoms with Crippen molar-refractivity contribution in [3.63, 3.8) is 0 Å². The van der Waals surface area contributed by atoms with Crippen molar-refractivity contribution >= 4 is 5.91 Å². The van der Waals surface area contributed by atoms with Gasteiger partial charge in [-0.2, -0.15) is 0 Å². The standard InChI is InChI=1S/C10H12N4O2/c1-7-3-2-4-8(9(7)15)10(16)12-5-6-13-14-11/h2-4,15H,5-6H2,1H3,(H,12,16). The summed E-state index contributed by atoms with van der Waals surface area (Å²) in [5.74, 6) is -0.405. The zero-order valence-electron chi connectivity index (χ0n) is 8.84. The highest BCUT2D eigenvalue weighted by Crippen LogP contribution is 2.20. The fourth-order valence-electron chi connectivity index (χ4n) is 1.20. The van der Waals surface area contributed by atoms with E-state index in [-0.39, 0.29) is 30.3 Å². The lowest BCUT2D eigenvalue weighted by Crippen LogP contribution is -2.26. The van der Waals surface area contributed by atoms with Crippen LogP contribution >= 0.6 is 0 Å². The van der Waals surface area contributed by atoms with Crippen LogP contribution in [0.4, 0.5) is 0 Å². The molecule has 0 spiro atoms. The second kappa shape index (κ2) is 5.63. The van der Waals surface area contributed by atoms with Crippen molar-refractivity contribution in [2.45, 2.75) is 6.92 Å². The predicted octanol–water partition coefficient (Wildman–Crippen LogP) is 1.74. The number of phenolic OH excluding ortho intramolecular Hbond substituents is 1. The summed E-state index contributed by atoms with van der Waals surface area (Å²) in [6.07, 6.45) is 0. The molecule has 0 saturated heterocycles. The summed E-state index contributed by atoms with van der Waals surface area (Å²) in [6, 6.07) is 4.94. The molecule has 0 atom stereocenters. The maximum atomic E-state index is 11.6. The third kappa shape index (κ3) is 2.90. The first-order valence-electron chi connectivity index (χ1n) is 4.74. The van der Waals surface area contributed by atoms with Crippen LogP contribution in [0.2, 0.25) is 0 Å². The van der Waals surface area contributed by atoms with Crippen molar-refractivity contribution < 1.29 is 9.90 Å². The van der Waals surface area contributed by atoms with E-state index in [0.717, 1.165) is 0 Å². The highest BCUT2D eigenvalue weighted by Gasteiger charge is 2.11. The molecule has 0 aliphatic heterocycles. The Balaban J connectivity index is 2.66. The van der Waals surface area contributed by atoms with Gasteiger partial charge in [0.1, 0.15) is 5.75 Å². The monoisotopic (exact) mass is 220 g/mol. The maximum Gasteiger partial charge on any atom is 0.255 e. The molecule has 2 N–H and O–H groups in total. The van der Waals surface area contributed by atoms with Gasteiger partial charge in [0.2, 0.25) is 0 Å². The molecule has 6 heteroatoms. The molecule has 0 aromatic heterocycles. The number of azide groups is 1. The molecule has 0 aliphatic rings. The van der Waals surface area contributed by atoms with Gasteiger partial charge in [0.05, 0.1) is 5.56 Å². The molecular weight excluding hydrogens is 208 g/mol. The van der Waals surface area contributed by atoms with Crippen LogP contribution in [0.3, 0.4) is 0 Å². The van der Waals surface area contributed by atoms with E-state index in [4.69, 9.17) is 5.53 Å². The molecule has 1 amide bonds. The van der Waals surface area contributed by atoms with Crippen LogP contribution < -0.4 is 5.32 Å². The molecular formula is C10H12N4O2. The summed E-state index contributed by atoms with van der Waals surface area (Å²) in [5.41, 5.74) is 8.90. The van der Waals surface area contributed by atoms with Gasteiger partial charge in [0.15, 0.2) is 0 Å². The Bertz CT molecular complexity index is 438. The lowest BCUT2D eigenvalue weighted by Gasteiger charge is -2.06. The van der Waals surface area contributed by atoms with Gasteiger partial charge in [-0.05, 0) is 24.1 Å². The molecule has 0 bridgehead atoms. The van der Waals surface area contributed by atoms with E-state index in [1.165, 1.54) is 6.07 Å². The van der Waals surface area contributed by atoms with E-state index in [1.807, 2.05) is 0 Å². The Morgan fingerprint density at radius 2 is 2.38 bits per heavy atom. The van der Waals surface area contributed by atoms with E-state index >= 15 is 0 Å². The SMILES string of the molecule is Cc1cccc(C(=O)NCCN=[N+]=[N-])c1O. The molecule has 1 rings (SSSR count). The van der Waals surface area contributed by atoms with Crippen LogP contribution in [0.1, 0.15) is 15.9 Å². The zero-order valence-corrected chi connectivity index (χ0v) is 8.84. The molecule has 84 valence electrons. The zero-order chi connectivity index (χ0) is 12.0. The summed E-state index contributed by atoms with van der Waals surface area (Å²) < 4.78 is 0. The third-order valence-electron chi connectivity index (χ3n) is 2.04. The van der Waals surface area contributed by atoms with Crippen LogP contribution in [-0.2, 0) is 0 Å². The number of hydrogen-bond donors (Lipinski definition) is 2. The second-order valence-corrected chi connectivity index (χ2v) is 3.18. The van der Waals surface area contributed by atoms with Gasteiger partial charge in [-0.25, -0.2) is 0 Å². The first-order chi connectivity index (χ1) is 7.66. The fraction of sp³-hybridized carbons (Fsp3) is 0.300. The van der Waals surface area contributed by atoms with Crippen molar-refractivity contribution in [1.29, 1.82) is 0 Å². The van der Waals surface area contributed by atoms with Gasteiger partial charge in [-0.1, -0.05) is 17.2 Å². The average molecular weight is 220 g/mol. The largest absolute Gasteiger partial charge is 0.507 e. The summed E-state index contributed by atoms with van der Waals surface area (Å²) in [6.45, 7) is 2.15. The number of aromatic hydroxyl groups is 1. The lowest BCUT2D eigenvalue weighted by atomic mass is 10.1. The number of rotatable bonds is 4. The van der Waals surface area contributed by atoms with E-state index in [2.05, 4.69) is 15.3 Å². The van der Waals surface area contributed by atoms with Crippen molar-refractivity contribution in [3.05, 3.63) is 39.8 Å². The Labute approximate surface area is 92.5 Å². The fourth-order valence-corrected chi connectivity index (χ4v) is 1.20. The molecule has 0 saturated carbocycles. The van der Waals surface area contributed by atoms with Crippen molar-refractivity contribution in [3.8, 4) is 5.75 Å². The van der Waals surface area contributed by atoms with E-state index < -0.39 is 0 Å². The van der Waals surface area contributed by atoms with Crippen molar-refractivity contribution in [2.24, 2.45) is 5.11 Å². The number of amides is 1. The van der Waals surface area contributed by atoms with Gasteiger partial charge >= 0.3 is 0 Å². The Hall–Kier alpha value is -2.20. The lowest BCUT2D eigenvalue weighted by molar-refractivity contribution is 0.0952. The molecule has 0 unspecified atom stereocenters. The van der Waals surface area contributed by atoms with Crippen molar-refractivity contribution in [2.75, 3.05) is 13.1 Å². The summed E-state index contributed by atoms with van der Waals surface area (Å²) >= 11 is 0. The third-order valence-corrected chi connectivity index (χ3v) is 2.04. The van der Waals surface area contributed by atoms with Gasteiger partial charge in [0.25, 0.3) is 5.91 Å². The first-order valence-corrected chi connectivity index (χ1v) is 4.74. The van der Waals surface area contributed by atoms with Gasteiger partial charge in [-0.15, -0.1) is 0 Å². The number of carbonyl (C=O) groups is 1. The van der Waals surface area contributed by atoms with E-state index in [0.29, 0.717) is 5.56 Å². The average Bonchev–Trinajstić information content (AvgIpc) is 2.28. The van der Waals surface area contributed by atoms with Gasteiger partial charge < -0.3 is 10.4 Å².